The van der Waals surface area contributed by atoms with Gasteiger partial charge in [0.25, 0.3) is 0 Å². The Kier molecular flexibility index (Phi) is 6.19. The van der Waals surface area contributed by atoms with Crippen molar-refractivity contribution in [2.45, 2.75) is 12.5 Å². The maximum absolute atomic E-state index is 10.4. The molecule has 4 nitrogen and oxygen atoms in total. The van der Waals surface area contributed by atoms with Crippen molar-refractivity contribution in [2.75, 3.05) is 39.3 Å². The predicted molar refractivity (Wildman–Crippen MR) is 99.1 cm³/mol. The van der Waals surface area contributed by atoms with Crippen LogP contribution in [0.4, 0.5) is 0 Å². The number of rotatable bonds is 6. The van der Waals surface area contributed by atoms with E-state index in [9.17, 15) is 5.11 Å². The number of aliphatic hydroxyl groups excluding tert-OH is 1. The van der Waals surface area contributed by atoms with Crippen molar-refractivity contribution in [3.05, 3.63) is 71.3 Å². The number of benzene rings is 2. The molecule has 0 saturated carbocycles. The first kappa shape index (κ1) is 17.6. The van der Waals surface area contributed by atoms with Crippen molar-refractivity contribution in [2.24, 2.45) is 0 Å². The molecule has 1 N–H and O–H groups in total. The van der Waals surface area contributed by atoms with Gasteiger partial charge in [-0.25, -0.2) is 0 Å². The molecule has 0 radical (unpaired) electrons. The van der Waals surface area contributed by atoms with Crippen LogP contribution in [0.2, 0.25) is 0 Å². The van der Waals surface area contributed by atoms with Crippen LogP contribution in [0.3, 0.4) is 0 Å². The Morgan fingerprint density at radius 3 is 2.20 bits per heavy atom. The highest BCUT2D eigenvalue weighted by Gasteiger charge is 2.19. The van der Waals surface area contributed by atoms with Crippen molar-refractivity contribution in [1.82, 2.24) is 9.80 Å². The van der Waals surface area contributed by atoms with Gasteiger partial charge in [-0.15, -0.1) is 0 Å². The number of nitriles is 1. The number of hydrogen-bond donors (Lipinski definition) is 1. The van der Waals surface area contributed by atoms with Crippen LogP contribution in [0, 0.1) is 11.3 Å². The number of piperazine rings is 1. The molecule has 1 aliphatic heterocycles. The van der Waals surface area contributed by atoms with Crippen molar-refractivity contribution in [3.8, 4) is 6.07 Å². The predicted octanol–water partition coefficient (Wildman–Crippen LogP) is 2.45. The number of β-amino-alcohol motifs (C(OH)–C–C–N with tert-alkyl or cyclic N) is 1. The van der Waals surface area contributed by atoms with Crippen molar-refractivity contribution < 1.29 is 5.11 Å². The quantitative estimate of drug-likeness (QED) is 0.881. The Hall–Kier alpha value is -2.19. The SMILES string of the molecule is N#Cc1ccc(C(O)CN2CCN(CCc3ccccc3)CC2)cc1. The highest BCUT2D eigenvalue weighted by Crippen LogP contribution is 2.16. The van der Waals surface area contributed by atoms with Crippen molar-refractivity contribution in [1.29, 1.82) is 5.26 Å². The highest BCUT2D eigenvalue weighted by molar-refractivity contribution is 5.32. The van der Waals surface area contributed by atoms with Crippen LogP contribution in [-0.2, 0) is 6.42 Å². The minimum absolute atomic E-state index is 0.497. The third-order valence-corrected chi connectivity index (χ3v) is 4.88. The van der Waals surface area contributed by atoms with Crippen LogP contribution in [-0.4, -0.2) is 54.2 Å². The second-order valence-corrected chi connectivity index (χ2v) is 6.63. The van der Waals surface area contributed by atoms with Crippen LogP contribution >= 0.6 is 0 Å². The van der Waals surface area contributed by atoms with E-state index in [0.29, 0.717) is 12.1 Å². The molecule has 1 aliphatic rings. The second kappa shape index (κ2) is 8.77. The van der Waals surface area contributed by atoms with Crippen LogP contribution in [0.15, 0.2) is 54.6 Å². The molecule has 4 heteroatoms. The summed E-state index contributed by atoms with van der Waals surface area (Å²) in [5.74, 6) is 0. The Morgan fingerprint density at radius 2 is 1.56 bits per heavy atom. The summed E-state index contributed by atoms with van der Waals surface area (Å²) >= 11 is 0. The summed E-state index contributed by atoms with van der Waals surface area (Å²) in [6.07, 6.45) is 0.595. The zero-order chi connectivity index (χ0) is 17.5. The number of aliphatic hydroxyl groups is 1. The van der Waals surface area contributed by atoms with Gasteiger partial charge in [-0.1, -0.05) is 42.5 Å². The summed E-state index contributed by atoms with van der Waals surface area (Å²) in [6.45, 7) is 5.82. The molecule has 2 aromatic rings. The van der Waals surface area contributed by atoms with Gasteiger partial charge in [-0.3, -0.25) is 4.90 Å². The molecule has 3 rings (SSSR count). The molecule has 1 heterocycles. The molecular formula is C21H25N3O. The Morgan fingerprint density at radius 1 is 0.920 bits per heavy atom. The third kappa shape index (κ3) is 5.14. The molecule has 1 saturated heterocycles. The average molecular weight is 335 g/mol. The summed E-state index contributed by atoms with van der Waals surface area (Å²) in [6, 6.07) is 19.9. The van der Waals surface area contributed by atoms with E-state index in [-0.39, 0.29) is 0 Å². The fourth-order valence-corrected chi connectivity index (χ4v) is 3.26. The molecule has 0 aromatic heterocycles. The highest BCUT2D eigenvalue weighted by atomic mass is 16.3. The lowest BCUT2D eigenvalue weighted by molar-refractivity contribution is 0.0730. The van der Waals surface area contributed by atoms with E-state index in [1.54, 1.807) is 12.1 Å². The number of nitrogens with zero attached hydrogens (tertiary/aromatic N) is 3. The summed E-state index contributed by atoms with van der Waals surface area (Å²) < 4.78 is 0. The second-order valence-electron chi connectivity index (χ2n) is 6.63. The first-order valence-electron chi connectivity index (χ1n) is 8.91. The first-order chi connectivity index (χ1) is 12.2. The summed E-state index contributed by atoms with van der Waals surface area (Å²) in [5.41, 5.74) is 2.90. The summed E-state index contributed by atoms with van der Waals surface area (Å²) in [5, 5.41) is 19.3. The van der Waals surface area contributed by atoms with Crippen LogP contribution < -0.4 is 0 Å². The maximum Gasteiger partial charge on any atom is 0.0991 e. The van der Waals surface area contributed by atoms with E-state index < -0.39 is 6.10 Å². The minimum Gasteiger partial charge on any atom is -0.387 e. The van der Waals surface area contributed by atoms with E-state index in [1.165, 1.54) is 5.56 Å². The van der Waals surface area contributed by atoms with Crippen molar-refractivity contribution >= 4 is 0 Å². The summed E-state index contributed by atoms with van der Waals surface area (Å²) in [4.78, 5) is 4.82. The molecular weight excluding hydrogens is 310 g/mol. The Bertz CT molecular complexity index is 685. The fourth-order valence-electron chi connectivity index (χ4n) is 3.26. The van der Waals surface area contributed by atoms with Crippen LogP contribution in [0.1, 0.15) is 22.8 Å². The van der Waals surface area contributed by atoms with Gasteiger partial charge in [0.15, 0.2) is 0 Å². The zero-order valence-corrected chi connectivity index (χ0v) is 14.5. The van der Waals surface area contributed by atoms with Gasteiger partial charge in [-0.2, -0.15) is 5.26 Å². The smallest absolute Gasteiger partial charge is 0.0991 e. The average Bonchev–Trinajstić information content (AvgIpc) is 2.68. The van der Waals surface area contributed by atoms with Crippen LogP contribution in [0.5, 0.6) is 0 Å². The molecule has 0 spiro atoms. The minimum atomic E-state index is -0.497. The van der Waals surface area contributed by atoms with Gasteiger partial charge in [-0.05, 0) is 29.7 Å². The fraction of sp³-hybridized carbons (Fsp3) is 0.381. The van der Waals surface area contributed by atoms with Gasteiger partial charge in [0, 0.05) is 39.3 Å². The normalized spacial score (nSPS) is 17.1. The maximum atomic E-state index is 10.4. The molecule has 0 amide bonds. The Balaban J connectivity index is 1.42. The standard InChI is InChI=1S/C21H25N3O/c22-16-19-6-8-20(9-7-19)21(25)17-24-14-12-23(13-15-24)11-10-18-4-2-1-3-5-18/h1-9,21,25H,10-15,17H2. The van der Waals surface area contributed by atoms with Gasteiger partial charge < -0.3 is 10.0 Å². The Labute approximate surface area is 149 Å². The van der Waals surface area contributed by atoms with E-state index in [2.05, 4.69) is 46.2 Å². The molecule has 1 atom stereocenters. The van der Waals surface area contributed by atoms with Gasteiger partial charge in [0.1, 0.15) is 0 Å². The third-order valence-electron chi connectivity index (χ3n) is 4.88. The molecule has 25 heavy (non-hydrogen) atoms. The van der Waals surface area contributed by atoms with Gasteiger partial charge in [0.05, 0.1) is 17.7 Å². The largest absolute Gasteiger partial charge is 0.387 e. The van der Waals surface area contributed by atoms with E-state index >= 15 is 0 Å². The van der Waals surface area contributed by atoms with Gasteiger partial charge >= 0.3 is 0 Å². The lowest BCUT2D eigenvalue weighted by atomic mass is 10.1. The molecule has 2 aromatic carbocycles. The van der Waals surface area contributed by atoms with E-state index in [0.717, 1.165) is 44.7 Å². The first-order valence-corrected chi connectivity index (χ1v) is 8.91. The van der Waals surface area contributed by atoms with Crippen LogP contribution in [0.25, 0.3) is 0 Å². The molecule has 0 bridgehead atoms. The topological polar surface area (TPSA) is 50.5 Å². The van der Waals surface area contributed by atoms with Crippen molar-refractivity contribution in [3.63, 3.8) is 0 Å². The molecule has 1 fully saturated rings. The zero-order valence-electron chi connectivity index (χ0n) is 14.5. The molecule has 0 aliphatic carbocycles. The summed E-state index contributed by atoms with van der Waals surface area (Å²) in [7, 11) is 0. The lowest BCUT2D eigenvalue weighted by Gasteiger charge is -2.35. The monoisotopic (exact) mass is 335 g/mol. The number of hydrogen-bond acceptors (Lipinski definition) is 4. The van der Waals surface area contributed by atoms with E-state index in [4.69, 9.17) is 5.26 Å². The van der Waals surface area contributed by atoms with E-state index in [1.807, 2.05) is 12.1 Å². The lowest BCUT2D eigenvalue weighted by Crippen LogP contribution is -2.47. The molecule has 1 unspecified atom stereocenters. The molecule has 130 valence electrons. The van der Waals surface area contributed by atoms with Gasteiger partial charge in [0.2, 0.25) is 0 Å².